The standard InChI is InChI=1S/C23H27F3N2O.C22H27BrN2O.C22H26Cl2N2O/c1-28(2,21-9-4-3-5-10-21)16-17-11-13-20(14-12-17)27-22(29)18-7-6-8-19(15-18)23(24,25)26;1-25(2,21-9-4-3-5-10-21)16-17-11-13-20(14-12-17)24-22(26)18-7-6-8-19(23)15-18;1-26(2,19-6-4-3-5-7-19)15-16-8-11-18(12-9-16)25-22(27)17-10-13-20(23)21(24)14-17/h6-8,11-15,21H,3-5,9-10,16H2,1-2H3;6-8,11-15,21H,3-5,9-10,16H2,1-2H3;8-14,19H,3-7,15H2,1-2H3/p+3. The predicted octanol–water partition coefficient (Wildman–Crippen LogP) is 17.6. The van der Waals surface area contributed by atoms with E-state index < -0.39 is 17.6 Å². The zero-order chi connectivity index (χ0) is 59.1. The van der Waals surface area contributed by atoms with Crippen molar-refractivity contribution in [2.24, 2.45) is 0 Å². The Kier molecular flexibility index (Phi) is 22.9. The topological polar surface area (TPSA) is 87.3 Å². The van der Waals surface area contributed by atoms with Crippen molar-refractivity contribution in [3.63, 3.8) is 0 Å². The van der Waals surface area contributed by atoms with Gasteiger partial charge in [0.1, 0.15) is 19.6 Å². The Morgan fingerprint density at radius 1 is 0.439 bits per heavy atom. The van der Waals surface area contributed by atoms with Crippen molar-refractivity contribution in [2.45, 2.75) is 140 Å². The molecule has 0 aliphatic heterocycles. The van der Waals surface area contributed by atoms with Crippen LogP contribution in [0.5, 0.6) is 0 Å². The van der Waals surface area contributed by atoms with Gasteiger partial charge in [-0.3, -0.25) is 14.4 Å². The average molecular weight is 1230 g/mol. The first-order valence-electron chi connectivity index (χ1n) is 29.0. The molecule has 9 rings (SSSR count). The second-order valence-corrected chi connectivity index (χ2v) is 26.1. The van der Waals surface area contributed by atoms with Gasteiger partial charge in [0.05, 0.1) is 76.0 Å². The van der Waals surface area contributed by atoms with Gasteiger partial charge in [-0.15, -0.1) is 0 Å². The monoisotopic (exact) mass is 1230 g/mol. The number of benzene rings is 6. The molecule has 6 aromatic carbocycles. The van der Waals surface area contributed by atoms with Gasteiger partial charge >= 0.3 is 6.18 Å². The van der Waals surface area contributed by atoms with E-state index in [0.717, 1.165) is 73.1 Å². The summed E-state index contributed by atoms with van der Waals surface area (Å²) in [7, 11) is 13.9. The number of carbonyl (C=O) groups is 3. The molecule has 0 atom stereocenters. The van der Waals surface area contributed by atoms with E-state index in [4.69, 9.17) is 23.2 Å². The summed E-state index contributed by atoms with van der Waals surface area (Å²) in [6.45, 7) is 2.95. The second kappa shape index (κ2) is 29.3. The molecule has 6 aromatic rings. The van der Waals surface area contributed by atoms with E-state index in [9.17, 15) is 27.6 Å². The molecule has 15 heteroatoms. The van der Waals surface area contributed by atoms with Gasteiger partial charge in [0.25, 0.3) is 17.7 Å². The van der Waals surface area contributed by atoms with E-state index in [0.29, 0.717) is 32.9 Å². The number of hydrogen-bond acceptors (Lipinski definition) is 3. The van der Waals surface area contributed by atoms with Gasteiger partial charge in [-0.2, -0.15) is 13.2 Å². The summed E-state index contributed by atoms with van der Waals surface area (Å²) in [6, 6.07) is 42.9. The lowest BCUT2D eigenvalue weighted by Crippen LogP contribution is -2.48. The fourth-order valence-corrected chi connectivity index (χ4v) is 12.6. The van der Waals surface area contributed by atoms with Crippen molar-refractivity contribution in [3.05, 3.63) is 193 Å². The minimum atomic E-state index is -4.47. The van der Waals surface area contributed by atoms with E-state index in [2.05, 4.69) is 98.4 Å². The Bertz CT molecular complexity index is 3040. The predicted molar refractivity (Wildman–Crippen MR) is 333 cm³/mol. The number of nitrogens with zero attached hydrogens (tertiary/aromatic N) is 3. The number of nitrogens with one attached hydrogen (secondary N) is 3. The van der Waals surface area contributed by atoms with Crippen LogP contribution in [0.3, 0.4) is 0 Å². The van der Waals surface area contributed by atoms with Crippen LogP contribution >= 0.6 is 39.1 Å². The molecule has 0 heterocycles. The summed E-state index contributed by atoms with van der Waals surface area (Å²) < 4.78 is 42.4. The molecule has 438 valence electrons. The molecule has 0 spiro atoms. The third-order valence-electron chi connectivity index (χ3n) is 16.8. The number of anilines is 3. The molecular formula is C67H83BrCl2F3N6O3+3. The summed E-state index contributed by atoms with van der Waals surface area (Å²) in [5.74, 6) is -0.834. The summed E-state index contributed by atoms with van der Waals surface area (Å²) in [4.78, 5) is 37.1. The average Bonchev–Trinajstić information content (AvgIpc) is 3.46. The Labute approximate surface area is 503 Å². The van der Waals surface area contributed by atoms with Gasteiger partial charge in [-0.05, 0) is 168 Å². The Balaban J connectivity index is 0.000000177. The van der Waals surface area contributed by atoms with Gasteiger partial charge in [0.15, 0.2) is 0 Å². The third-order valence-corrected chi connectivity index (χ3v) is 18.0. The highest BCUT2D eigenvalue weighted by molar-refractivity contribution is 9.10. The zero-order valence-corrected chi connectivity index (χ0v) is 51.7. The van der Waals surface area contributed by atoms with Gasteiger partial charge in [-0.25, -0.2) is 0 Å². The van der Waals surface area contributed by atoms with E-state index >= 15 is 0 Å². The largest absolute Gasteiger partial charge is 0.416 e. The number of halogens is 6. The van der Waals surface area contributed by atoms with E-state index in [1.807, 2.05) is 72.8 Å². The highest BCUT2D eigenvalue weighted by Crippen LogP contribution is 2.33. The minimum Gasteiger partial charge on any atom is -0.322 e. The molecule has 3 N–H and O–H groups in total. The van der Waals surface area contributed by atoms with Crippen LogP contribution in [-0.2, 0) is 25.8 Å². The summed E-state index contributed by atoms with van der Waals surface area (Å²) in [5, 5.41) is 9.38. The lowest BCUT2D eigenvalue weighted by molar-refractivity contribution is -0.929. The van der Waals surface area contributed by atoms with Crippen LogP contribution in [0.2, 0.25) is 10.0 Å². The first kappa shape index (κ1) is 64.0. The van der Waals surface area contributed by atoms with Crippen molar-refractivity contribution >= 4 is 73.9 Å². The fourth-order valence-electron chi connectivity index (χ4n) is 11.9. The van der Waals surface area contributed by atoms with Crippen molar-refractivity contribution in [1.82, 2.24) is 0 Å². The molecule has 0 bridgehead atoms. The van der Waals surface area contributed by atoms with Crippen LogP contribution in [0.4, 0.5) is 30.2 Å². The lowest BCUT2D eigenvalue weighted by Gasteiger charge is -2.40. The maximum Gasteiger partial charge on any atom is 0.416 e. The summed E-state index contributed by atoms with van der Waals surface area (Å²) in [5.41, 5.74) is 6.26. The quantitative estimate of drug-likeness (QED) is 0.0896. The summed E-state index contributed by atoms with van der Waals surface area (Å²) >= 11 is 15.3. The van der Waals surface area contributed by atoms with Crippen LogP contribution in [0.1, 0.15) is 150 Å². The van der Waals surface area contributed by atoms with Crippen LogP contribution in [-0.4, -0.2) is 91.6 Å². The van der Waals surface area contributed by atoms with Gasteiger partial charge in [0, 0.05) is 54.9 Å². The van der Waals surface area contributed by atoms with E-state index in [1.165, 1.54) is 125 Å². The fraction of sp³-hybridized carbons (Fsp3) is 0.418. The first-order chi connectivity index (χ1) is 38.9. The van der Waals surface area contributed by atoms with Crippen LogP contribution < -0.4 is 16.0 Å². The van der Waals surface area contributed by atoms with Crippen molar-refractivity contribution < 1.29 is 41.0 Å². The second-order valence-electron chi connectivity index (χ2n) is 24.4. The molecule has 0 unspecified atom stereocenters. The molecule has 82 heavy (non-hydrogen) atoms. The minimum absolute atomic E-state index is 0.0148. The number of hydrogen-bond donors (Lipinski definition) is 3. The Morgan fingerprint density at radius 2 is 0.768 bits per heavy atom. The van der Waals surface area contributed by atoms with Crippen molar-refractivity contribution in [2.75, 3.05) is 58.2 Å². The van der Waals surface area contributed by atoms with Crippen LogP contribution in [0.15, 0.2) is 144 Å². The highest BCUT2D eigenvalue weighted by Gasteiger charge is 2.33. The molecule has 3 aliphatic rings. The zero-order valence-electron chi connectivity index (χ0n) is 48.6. The maximum atomic E-state index is 12.8. The molecule has 3 amide bonds. The smallest absolute Gasteiger partial charge is 0.322 e. The molecule has 0 saturated heterocycles. The van der Waals surface area contributed by atoms with Crippen molar-refractivity contribution in [3.8, 4) is 0 Å². The maximum absolute atomic E-state index is 12.8. The summed E-state index contributed by atoms with van der Waals surface area (Å²) in [6.07, 6.45) is 15.5. The number of quaternary nitrogens is 3. The molecule has 3 fully saturated rings. The molecule has 0 aromatic heterocycles. The van der Waals surface area contributed by atoms with Crippen molar-refractivity contribution in [1.29, 1.82) is 0 Å². The number of amides is 3. The SMILES string of the molecule is C[N+](C)(Cc1ccc(NC(=O)c2ccc(Cl)c(Cl)c2)cc1)C1CCCCC1.C[N+](C)(Cc1ccc(NC(=O)c2cccc(Br)c2)cc1)C1CCCCC1.C[N+](C)(Cc1ccc(NC(=O)c2cccc(C(F)(F)F)c2)cc1)C1CCCCC1. The van der Waals surface area contributed by atoms with Crippen LogP contribution in [0.25, 0.3) is 0 Å². The highest BCUT2D eigenvalue weighted by atomic mass is 79.9. The first-order valence-corrected chi connectivity index (χ1v) is 30.6. The number of carbonyl (C=O) groups excluding carboxylic acids is 3. The molecule has 3 aliphatic carbocycles. The normalized spacial score (nSPS) is 15.7. The van der Waals surface area contributed by atoms with Gasteiger partial charge < -0.3 is 29.4 Å². The van der Waals surface area contributed by atoms with Gasteiger partial charge in [-0.1, -0.05) is 107 Å². The lowest BCUT2D eigenvalue weighted by atomic mass is 9.92. The number of alkyl halides is 3. The Morgan fingerprint density at radius 3 is 1.10 bits per heavy atom. The molecule has 3 saturated carbocycles. The number of rotatable bonds is 15. The Hall–Kier alpha value is -5.54. The third kappa shape index (κ3) is 19.3. The molecule has 9 nitrogen and oxygen atoms in total. The van der Waals surface area contributed by atoms with E-state index in [-0.39, 0.29) is 17.4 Å². The van der Waals surface area contributed by atoms with E-state index in [1.54, 1.807) is 18.2 Å². The molecular weight excluding hydrogens is 1140 g/mol. The molecule has 0 radical (unpaired) electrons. The van der Waals surface area contributed by atoms with Crippen LogP contribution in [0, 0.1) is 0 Å². The van der Waals surface area contributed by atoms with Gasteiger partial charge in [0.2, 0.25) is 0 Å².